The number of ether oxygens (including phenoxy) is 3. The van der Waals surface area contributed by atoms with Gasteiger partial charge in [0.1, 0.15) is 17.2 Å². The molecule has 260 valence electrons. The van der Waals surface area contributed by atoms with Crippen molar-refractivity contribution in [2.75, 3.05) is 18.5 Å². The van der Waals surface area contributed by atoms with E-state index in [1.807, 2.05) is 30.3 Å². The summed E-state index contributed by atoms with van der Waals surface area (Å²) in [6, 6.07) is 10.7. The Morgan fingerprint density at radius 2 is 1.58 bits per heavy atom. The molecule has 12 nitrogen and oxygen atoms in total. The number of nitrogens with one attached hydrogen (secondary N) is 3. The molecule has 3 rings (SSSR count). The lowest BCUT2D eigenvalue weighted by molar-refractivity contribution is -0.147. The second-order valence-corrected chi connectivity index (χ2v) is 12.2. The normalized spacial score (nSPS) is 13.2. The summed E-state index contributed by atoms with van der Waals surface area (Å²) in [4.78, 5) is 56.1. The Hall–Kier alpha value is -4.92. The first-order valence-electron chi connectivity index (χ1n) is 15.0. The van der Waals surface area contributed by atoms with E-state index >= 15 is 0 Å². The van der Waals surface area contributed by atoms with Crippen molar-refractivity contribution < 1.29 is 46.6 Å². The van der Waals surface area contributed by atoms with Crippen LogP contribution in [0.1, 0.15) is 64.3 Å². The Morgan fingerprint density at radius 3 is 2.21 bits per heavy atom. The van der Waals surface area contributed by atoms with E-state index in [-0.39, 0.29) is 31.2 Å². The molecule has 3 aromatic rings. The van der Waals surface area contributed by atoms with Gasteiger partial charge in [0.05, 0.1) is 31.7 Å². The Balaban J connectivity index is 1.85. The first-order chi connectivity index (χ1) is 22.4. The highest BCUT2D eigenvalue weighted by Gasteiger charge is 2.38. The van der Waals surface area contributed by atoms with Gasteiger partial charge in [-0.3, -0.25) is 9.59 Å². The molecule has 3 N–H and O–H groups in total. The van der Waals surface area contributed by atoms with Crippen LogP contribution in [0.5, 0.6) is 0 Å². The van der Waals surface area contributed by atoms with E-state index in [1.54, 1.807) is 20.8 Å². The van der Waals surface area contributed by atoms with Crippen LogP contribution in [-0.2, 0) is 41.4 Å². The van der Waals surface area contributed by atoms with Gasteiger partial charge in [0.15, 0.2) is 11.9 Å². The maximum absolute atomic E-state index is 13.9. The summed E-state index contributed by atoms with van der Waals surface area (Å²) in [5.41, 5.74) is -2.96. The van der Waals surface area contributed by atoms with Crippen LogP contribution in [0, 0.1) is 0 Å². The number of halogens is 3. The van der Waals surface area contributed by atoms with E-state index in [9.17, 15) is 32.3 Å². The Labute approximate surface area is 276 Å². The van der Waals surface area contributed by atoms with E-state index in [0.717, 1.165) is 28.6 Å². The first-order valence-corrected chi connectivity index (χ1v) is 15.0. The molecule has 1 aromatic heterocycles. The largest absolute Gasteiger partial charge is 0.464 e. The average molecular weight is 676 g/mol. The van der Waals surface area contributed by atoms with Crippen molar-refractivity contribution in [2.45, 2.75) is 77.5 Å². The van der Waals surface area contributed by atoms with Gasteiger partial charge in [0.2, 0.25) is 5.91 Å². The van der Waals surface area contributed by atoms with Crippen LogP contribution in [0.15, 0.2) is 67.1 Å². The third-order valence-electron chi connectivity index (χ3n) is 6.62. The van der Waals surface area contributed by atoms with Crippen molar-refractivity contribution in [3.8, 4) is 0 Å². The summed E-state index contributed by atoms with van der Waals surface area (Å²) in [5.74, 6) is -2.64. The Morgan fingerprint density at radius 1 is 0.938 bits per heavy atom. The zero-order valence-electron chi connectivity index (χ0n) is 27.5. The molecule has 0 bridgehead atoms. The SMILES string of the molecule is CCOC(=O)C(c1ccccc1C(F)(F)F)n1cnc(NC(=O)C(COCc2ccccc2)NC(=O)C(C)(C)NC(=O)OC(C)(C)C)c1. The molecule has 15 heteroatoms. The molecule has 2 atom stereocenters. The summed E-state index contributed by atoms with van der Waals surface area (Å²) in [5, 5.41) is 7.55. The van der Waals surface area contributed by atoms with Gasteiger partial charge in [-0.2, -0.15) is 13.2 Å². The summed E-state index contributed by atoms with van der Waals surface area (Å²) in [7, 11) is 0. The monoisotopic (exact) mass is 675 g/mol. The highest BCUT2D eigenvalue weighted by molar-refractivity contribution is 5.98. The number of hydrogen-bond acceptors (Lipinski definition) is 8. The molecule has 0 radical (unpaired) electrons. The lowest BCUT2D eigenvalue weighted by Gasteiger charge is -2.29. The molecule has 48 heavy (non-hydrogen) atoms. The molecule has 0 aliphatic carbocycles. The number of alkyl halides is 3. The van der Waals surface area contributed by atoms with E-state index in [1.165, 1.54) is 39.1 Å². The number of carbonyl (C=O) groups is 4. The number of rotatable bonds is 13. The number of alkyl carbamates (subject to hydrolysis) is 1. The molecular formula is C33H40F3N5O7. The van der Waals surface area contributed by atoms with Gasteiger partial charge in [0, 0.05) is 6.20 Å². The van der Waals surface area contributed by atoms with Gasteiger partial charge in [-0.05, 0) is 58.7 Å². The van der Waals surface area contributed by atoms with Crippen LogP contribution in [0.3, 0.4) is 0 Å². The van der Waals surface area contributed by atoms with E-state index in [4.69, 9.17) is 14.2 Å². The second-order valence-electron chi connectivity index (χ2n) is 12.2. The second kappa shape index (κ2) is 15.8. The summed E-state index contributed by atoms with van der Waals surface area (Å²) in [6.45, 7) is 9.05. The zero-order valence-corrected chi connectivity index (χ0v) is 27.5. The predicted octanol–water partition coefficient (Wildman–Crippen LogP) is 5.00. The number of carbonyl (C=O) groups excluding carboxylic acids is 4. The molecule has 0 aliphatic rings. The van der Waals surface area contributed by atoms with E-state index in [2.05, 4.69) is 20.9 Å². The molecule has 3 amide bonds. The molecule has 2 unspecified atom stereocenters. The molecular weight excluding hydrogens is 635 g/mol. The van der Waals surface area contributed by atoms with Crippen LogP contribution in [0.25, 0.3) is 0 Å². The molecule has 0 aliphatic heterocycles. The first kappa shape index (κ1) is 37.5. The van der Waals surface area contributed by atoms with E-state index < -0.39 is 58.8 Å². The van der Waals surface area contributed by atoms with Crippen molar-refractivity contribution in [3.05, 3.63) is 83.8 Å². The topological polar surface area (TPSA) is 150 Å². The standard InChI is InChI=1S/C33H40F3N5O7/c1-7-47-28(43)26(22-15-11-12-16-23(22)33(34,35)36)41-17-25(37-20-41)39-27(42)24(19-46-18-21-13-9-8-10-14-21)38-29(44)32(5,6)40-30(45)48-31(2,3)4/h8-17,20,24,26H,7,18-19H2,1-6H3,(H,38,44)(H,39,42)(H,40,45). The number of imidazole rings is 1. The number of esters is 1. The fourth-order valence-electron chi connectivity index (χ4n) is 4.39. The molecule has 0 saturated heterocycles. The molecule has 0 fully saturated rings. The number of nitrogens with zero attached hydrogens (tertiary/aromatic N) is 2. The van der Waals surface area contributed by atoms with Crippen molar-refractivity contribution >= 4 is 29.7 Å². The quantitative estimate of drug-likeness (QED) is 0.215. The van der Waals surface area contributed by atoms with Gasteiger partial charge >= 0.3 is 18.2 Å². The smallest absolute Gasteiger partial charge is 0.416 e. The van der Waals surface area contributed by atoms with Crippen molar-refractivity contribution in [3.63, 3.8) is 0 Å². The van der Waals surface area contributed by atoms with E-state index in [0.29, 0.717) is 0 Å². The lowest BCUT2D eigenvalue weighted by atomic mass is 9.99. The highest BCUT2D eigenvalue weighted by atomic mass is 19.4. The predicted molar refractivity (Wildman–Crippen MR) is 169 cm³/mol. The van der Waals surface area contributed by atoms with Crippen LogP contribution < -0.4 is 16.0 Å². The van der Waals surface area contributed by atoms with Crippen molar-refractivity contribution in [1.82, 2.24) is 20.2 Å². The van der Waals surface area contributed by atoms with Crippen LogP contribution >= 0.6 is 0 Å². The molecule has 0 saturated carbocycles. The molecule has 2 aromatic carbocycles. The van der Waals surface area contributed by atoms with Crippen LogP contribution in [0.2, 0.25) is 0 Å². The minimum absolute atomic E-state index is 0.0920. The van der Waals surface area contributed by atoms with Gasteiger partial charge in [-0.25, -0.2) is 14.6 Å². The summed E-state index contributed by atoms with van der Waals surface area (Å²) in [6.07, 6.45) is -3.36. The summed E-state index contributed by atoms with van der Waals surface area (Å²) >= 11 is 0. The maximum atomic E-state index is 13.9. The van der Waals surface area contributed by atoms with Gasteiger partial charge in [-0.15, -0.1) is 0 Å². The minimum Gasteiger partial charge on any atom is -0.464 e. The zero-order chi connectivity index (χ0) is 35.7. The number of aromatic nitrogens is 2. The number of anilines is 1. The highest BCUT2D eigenvalue weighted by Crippen LogP contribution is 2.36. The fraction of sp³-hybridized carbons (Fsp3) is 0.424. The molecule has 1 heterocycles. The Bertz CT molecular complexity index is 1570. The summed E-state index contributed by atoms with van der Waals surface area (Å²) < 4.78 is 58.7. The Kier molecular flexibility index (Phi) is 12.3. The maximum Gasteiger partial charge on any atom is 0.416 e. The van der Waals surface area contributed by atoms with Gasteiger partial charge in [0.25, 0.3) is 5.91 Å². The lowest BCUT2D eigenvalue weighted by Crippen LogP contribution is -2.59. The third kappa shape index (κ3) is 10.8. The number of hydrogen-bond donors (Lipinski definition) is 3. The van der Waals surface area contributed by atoms with Crippen molar-refractivity contribution in [1.29, 1.82) is 0 Å². The minimum atomic E-state index is -4.77. The fourth-order valence-corrected chi connectivity index (χ4v) is 4.39. The van der Waals surface area contributed by atoms with Gasteiger partial charge in [-0.1, -0.05) is 48.5 Å². The van der Waals surface area contributed by atoms with Crippen LogP contribution in [0.4, 0.5) is 23.8 Å². The van der Waals surface area contributed by atoms with Gasteiger partial charge < -0.3 is 34.7 Å². The number of amides is 3. The molecule has 0 spiro atoms. The van der Waals surface area contributed by atoms with Crippen LogP contribution in [-0.4, -0.2) is 63.8 Å². The van der Waals surface area contributed by atoms with Crippen molar-refractivity contribution in [2.24, 2.45) is 0 Å². The average Bonchev–Trinajstić information content (AvgIpc) is 3.43. The number of benzene rings is 2. The third-order valence-corrected chi connectivity index (χ3v) is 6.62.